The third-order valence-corrected chi connectivity index (χ3v) is 3.13. The lowest BCUT2D eigenvalue weighted by Crippen LogP contribution is -2.14. The topological polar surface area (TPSA) is 55.1 Å². The third-order valence-electron chi connectivity index (χ3n) is 2.89. The number of rotatable bonds is 2. The summed E-state index contributed by atoms with van der Waals surface area (Å²) in [5.41, 5.74) is 9.47. The average molecular weight is 275 g/mol. The number of carbonyl (C=O) groups is 1. The number of nitrogens with two attached hydrogens (primary N) is 1. The first-order valence-electron chi connectivity index (χ1n) is 5.91. The predicted octanol–water partition coefficient (Wildman–Crippen LogP) is 3.79. The first-order chi connectivity index (χ1) is 8.97. The molecule has 0 saturated carbocycles. The maximum Gasteiger partial charge on any atom is 0.255 e. The van der Waals surface area contributed by atoms with Gasteiger partial charge in [0.05, 0.1) is 11.4 Å². The number of hydrogen-bond acceptors (Lipinski definition) is 2. The Labute approximate surface area is 117 Å². The fourth-order valence-corrected chi connectivity index (χ4v) is 2.08. The number of hydrogen-bond donors (Lipinski definition) is 2. The molecule has 0 aromatic heterocycles. The zero-order valence-corrected chi connectivity index (χ0v) is 11.6. The molecule has 98 valence electrons. The van der Waals surface area contributed by atoms with E-state index in [-0.39, 0.29) is 5.91 Å². The molecule has 0 aliphatic rings. The van der Waals surface area contributed by atoms with Crippen molar-refractivity contribution in [1.82, 2.24) is 0 Å². The van der Waals surface area contributed by atoms with Crippen molar-refractivity contribution in [3.63, 3.8) is 0 Å². The van der Waals surface area contributed by atoms with Gasteiger partial charge in [-0.1, -0.05) is 17.7 Å². The minimum Gasteiger partial charge on any atom is -0.397 e. The number of aryl methyl sites for hydroxylation is 2. The van der Waals surface area contributed by atoms with Crippen LogP contribution in [-0.2, 0) is 0 Å². The molecule has 0 fully saturated rings. The molecule has 0 radical (unpaired) electrons. The van der Waals surface area contributed by atoms with E-state index in [0.29, 0.717) is 22.0 Å². The van der Waals surface area contributed by atoms with E-state index < -0.39 is 0 Å². The Morgan fingerprint density at radius 1 is 1.16 bits per heavy atom. The second-order valence-corrected chi connectivity index (χ2v) is 4.94. The van der Waals surface area contributed by atoms with Crippen LogP contribution in [0.5, 0.6) is 0 Å². The standard InChI is InChI=1S/C15H15ClN2O/c1-9-3-6-13(17)14(7-9)18-15(19)12-5-4-11(16)8-10(12)2/h3-8H,17H2,1-2H3,(H,18,19). The number of anilines is 2. The summed E-state index contributed by atoms with van der Waals surface area (Å²) in [6, 6.07) is 10.7. The molecule has 0 unspecified atom stereocenters. The van der Waals surface area contributed by atoms with Gasteiger partial charge in [-0.2, -0.15) is 0 Å². The van der Waals surface area contributed by atoms with E-state index in [2.05, 4.69) is 5.32 Å². The number of halogens is 1. The Balaban J connectivity index is 2.28. The molecular formula is C15H15ClN2O. The summed E-state index contributed by atoms with van der Waals surface area (Å²) in [7, 11) is 0. The van der Waals surface area contributed by atoms with Crippen LogP contribution in [0.2, 0.25) is 5.02 Å². The molecule has 2 rings (SSSR count). The van der Waals surface area contributed by atoms with Gasteiger partial charge >= 0.3 is 0 Å². The molecule has 0 atom stereocenters. The molecule has 3 N–H and O–H groups in total. The number of amides is 1. The van der Waals surface area contributed by atoms with Crippen LogP contribution in [0, 0.1) is 13.8 Å². The molecule has 1 amide bonds. The number of nitrogen functional groups attached to an aromatic ring is 1. The van der Waals surface area contributed by atoms with Gasteiger partial charge in [-0.3, -0.25) is 4.79 Å². The molecule has 2 aromatic carbocycles. The summed E-state index contributed by atoms with van der Waals surface area (Å²) in [5.74, 6) is -0.188. The molecule has 0 aliphatic heterocycles. The van der Waals surface area contributed by atoms with Crippen LogP contribution in [0.1, 0.15) is 21.5 Å². The van der Waals surface area contributed by atoms with Gasteiger partial charge in [0.25, 0.3) is 5.91 Å². The Hall–Kier alpha value is -2.00. The smallest absolute Gasteiger partial charge is 0.255 e. The van der Waals surface area contributed by atoms with Crippen LogP contribution in [0.3, 0.4) is 0 Å². The zero-order chi connectivity index (χ0) is 14.0. The van der Waals surface area contributed by atoms with Crippen molar-refractivity contribution in [2.45, 2.75) is 13.8 Å². The highest BCUT2D eigenvalue weighted by Crippen LogP contribution is 2.22. The molecular weight excluding hydrogens is 260 g/mol. The summed E-state index contributed by atoms with van der Waals surface area (Å²) in [6.07, 6.45) is 0. The van der Waals surface area contributed by atoms with E-state index in [0.717, 1.165) is 11.1 Å². The molecule has 0 bridgehead atoms. The normalized spacial score (nSPS) is 10.3. The lowest BCUT2D eigenvalue weighted by Gasteiger charge is -2.10. The van der Waals surface area contributed by atoms with E-state index >= 15 is 0 Å². The van der Waals surface area contributed by atoms with Crippen molar-refractivity contribution in [2.75, 3.05) is 11.1 Å². The summed E-state index contributed by atoms with van der Waals surface area (Å²) in [4.78, 5) is 12.2. The largest absolute Gasteiger partial charge is 0.397 e. The second-order valence-electron chi connectivity index (χ2n) is 4.50. The molecule has 2 aromatic rings. The summed E-state index contributed by atoms with van der Waals surface area (Å²) in [6.45, 7) is 3.79. The van der Waals surface area contributed by atoms with Gasteiger partial charge in [0.1, 0.15) is 0 Å². The van der Waals surface area contributed by atoms with Gasteiger partial charge in [0, 0.05) is 10.6 Å². The number of carbonyl (C=O) groups excluding carboxylic acids is 1. The Morgan fingerprint density at radius 3 is 2.58 bits per heavy atom. The van der Waals surface area contributed by atoms with Gasteiger partial charge < -0.3 is 11.1 Å². The van der Waals surface area contributed by atoms with Crippen molar-refractivity contribution >= 4 is 28.9 Å². The third kappa shape index (κ3) is 3.06. The Kier molecular flexibility index (Phi) is 3.76. The molecule has 0 aliphatic carbocycles. The molecule has 3 nitrogen and oxygen atoms in total. The van der Waals surface area contributed by atoms with Gasteiger partial charge in [0.2, 0.25) is 0 Å². The van der Waals surface area contributed by atoms with Crippen molar-refractivity contribution in [2.24, 2.45) is 0 Å². The average Bonchev–Trinajstić information content (AvgIpc) is 2.33. The Morgan fingerprint density at radius 2 is 1.89 bits per heavy atom. The fraction of sp³-hybridized carbons (Fsp3) is 0.133. The minimum absolute atomic E-state index is 0.188. The van der Waals surface area contributed by atoms with Gasteiger partial charge in [-0.05, 0) is 55.3 Å². The van der Waals surface area contributed by atoms with Gasteiger partial charge in [-0.25, -0.2) is 0 Å². The lowest BCUT2D eigenvalue weighted by molar-refractivity contribution is 0.102. The van der Waals surface area contributed by atoms with E-state index in [1.807, 2.05) is 26.0 Å². The number of nitrogens with one attached hydrogen (secondary N) is 1. The van der Waals surface area contributed by atoms with Crippen LogP contribution in [0.4, 0.5) is 11.4 Å². The van der Waals surface area contributed by atoms with Gasteiger partial charge in [0.15, 0.2) is 0 Å². The predicted molar refractivity (Wildman–Crippen MR) is 79.7 cm³/mol. The van der Waals surface area contributed by atoms with Crippen LogP contribution < -0.4 is 11.1 Å². The molecule has 4 heteroatoms. The van der Waals surface area contributed by atoms with Crippen molar-refractivity contribution in [3.05, 3.63) is 58.1 Å². The maximum absolute atomic E-state index is 12.2. The SMILES string of the molecule is Cc1ccc(N)c(NC(=O)c2ccc(Cl)cc2C)c1. The molecule has 0 heterocycles. The van der Waals surface area contributed by atoms with Crippen molar-refractivity contribution in [3.8, 4) is 0 Å². The second kappa shape index (κ2) is 5.33. The van der Waals surface area contributed by atoms with E-state index in [1.54, 1.807) is 24.3 Å². The highest BCUT2D eigenvalue weighted by atomic mass is 35.5. The van der Waals surface area contributed by atoms with Crippen molar-refractivity contribution in [1.29, 1.82) is 0 Å². The highest BCUT2D eigenvalue weighted by molar-refractivity contribution is 6.30. The van der Waals surface area contributed by atoms with Gasteiger partial charge in [-0.15, -0.1) is 0 Å². The Bertz CT molecular complexity index is 638. The van der Waals surface area contributed by atoms with Crippen LogP contribution in [0.25, 0.3) is 0 Å². The van der Waals surface area contributed by atoms with Crippen molar-refractivity contribution < 1.29 is 4.79 Å². The quantitative estimate of drug-likeness (QED) is 0.819. The number of benzene rings is 2. The molecule has 0 spiro atoms. The summed E-state index contributed by atoms with van der Waals surface area (Å²) in [5, 5.41) is 3.44. The van der Waals surface area contributed by atoms with E-state index in [1.165, 1.54) is 0 Å². The van der Waals surface area contributed by atoms with Crippen LogP contribution in [-0.4, -0.2) is 5.91 Å². The first kappa shape index (κ1) is 13.4. The maximum atomic E-state index is 12.2. The van der Waals surface area contributed by atoms with E-state index in [9.17, 15) is 4.79 Å². The monoisotopic (exact) mass is 274 g/mol. The van der Waals surface area contributed by atoms with Crippen LogP contribution >= 0.6 is 11.6 Å². The highest BCUT2D eigenvalue weighted by Gasteiger charge is 2.11. The first-order valence-corrected chi connectivity index (χ1v) is 6.29. The fourth-order valence-electron chi connectivity index (χ4n) is 1.85. The lowest BCUT2D eigenvalue weighted by atomic mass is 10.1. The summed E-state index contributed by atoms with van der Waals surface area (Å²) < 4.78 is 0. The van der Waals surface area contributed by atoms with E-state index in [4.69, 9.17) is 17.3 Å². The minimum atomic E-state index is -0.188. The van der Waals surface area contributed by atoms with Crippen LogP contribution in [0.15, 0.2) is 36.4 Å². The molecule has 0 saturated heterocycles. The summed E-state index contributed by atoms with van der Waals surface area (Å²) >= 11 is 5.88. The molecule has 19 heavy (non-hydrogen) atoms. The zero-order valence-electron chi connectivity index (χ0n) is 10.8.